The van der Waals surface area contributed by atoms with Crippen LogP contribution in [0.5, 0.6) is 0 Å². The standard InChI is InChI=1S/C7H12OS/c1-5-7(3,4)9-6(2)8/h5H,1H2,2-4H3. The molecule has 0 aromatic heterocycles. The van der Waals surface area contributed by atoms with Gasteiger partial charge in [-0.3, -0.25) is 4.79 Å². The van der Waals surface area contributed by atoms with Crippen LogP contribution < -0.4 is 0 Å². The molecule has 0 N–H and O–H groups in total. The summed E-state index contributed by atoms with van der Waals surface area (Å²) in [5.74, 6) is 0. The second-order valence-electron chi connectivity index (χ2n) is 2.40. The Hall–Kier alpha value is -0.240. The van der Waals surface area contributed by atoms with E-state index in [1.165, 1.54) is 11.8 Å². The molecule has 0 aliphatic carbocycles. The molecule has 0 aliphatic rings. The number of hydrogen-bond donors (Lipinski definition) is 0. The molecule has 0 spiro atoms. The Bertz CT molecular complexity index is 127. The first-order valence-electron chi connectivity index (χ1n) is 2.81. The molecule has 0 fully saturated rings. The first kappa shape index (κ1) is 8.76. The van der Waals surface area contributed by atoms with E-state index in [4.69, 9.17) is 0 Å². The van der Waals surface area contributed by atoms with Gasteiger partial charge in [0.25, 0.3) is 0 Å². The molecular weight excluding hydrogens is 132 g/mol. The predicted octanol–water partition coefficient (Wildman–Crippen LogP) is 2.23. The van der Waals surface area contributed by atoms with Gasteiger partial charge in [-0.15, -0.1) is 6.58 Å². The van der Waals surface area contributed by atoms with Crippen LogP contribution in [0.3, 0.4) is 0 Å². The van der Waals surface area contributed by atoms with E-state index in [0.29, 0.717) is 0 Å². The van der Waals surface area contributed by atoms with Gasteiger partial charge in [0.1, 0.15) is 0 Å². The minimum atomic E-state index is -0.105. The van der Waals surface area contributed by atoms with Gasteiger partial charge in [0.05, 0.1) is 0 Å². The lowest BCUT2D eigenvalue weighted by molar-refractivity contribution is -0.109. The van der Waals surface area contributed by atoms with E-state index in [0.717, 1.165) is 0 Å². The fraction of sp³-hybridized carbons (Fsp3) is 0.571. The molecule has 0 atom stereocenters. The first-order chi connectivity index (χ1) is 3.98. The molecule has 2 heteroatoms. The maximum Gasteiger partial charge on any atom is 0.186 e. The van der Waals surface area contributed by atoms with E-state index in [1.54, 1.807) is 13.0 Å². The lowest BCUT2D eigenvalue weighted by atomic mass is 10.2. The van der Waals surface area contributed by atoms with Crippen molar-refractivity contribution in [1.82, 2.24) is 0 Å². The Balaban J connectivity index is 3.86. The maximum atomic E-state index is 10.5. The van der Waals surface area contributed by atoms with E-state index in [2.05, 4.69) is 6.58 Å². The number of hydrogen-bond acceptors (Lipinski definition) is 2. The van der Waals surface area contributed by atoms with Crippen LogP contribution in [0.2, 0.25) is 0 Å². The van der Waals surface area contributed by atoms with Crippen molar-refractivity contribution in [3.8, 4) is 0 Å². The summed E-state index contributed by atoms with van der Waals surface area (Å²) in [4.78, 5) is 10.5. The Labute approximate surface area is 60.5 Å². The summed E-state index contributed by atoms with van der Waals surface area (Å²) < 4.78 is -0.105. The first-order valence-corrected chi connectivity index (χ1v) is 3.63. The van der Waals surface area contributed by atoms with Gasteiger partial charge in [-0.05, 0) is 13.8 Å². The normalized spacial score (nSPS) is 11.0. The summed E-state index contributed by atoms with van der Waals surface area (Å²) in [6.45, 7) is 9.11. The molecule has 52 valence electrons. The topological polar surface area (TPSA) is 17.1 Å². The van der Waals surface area contributed by atoms with Gasteiger partial charge in [0.15, 0.2) is 5.12 Å². The van der Waals surface area contributed by atoms with Gasteiger partial charge in [0, 0.05) is 11.7 Å². The van der Waals surface area contributed by atoms with Gasteiger partial charge in [-0.2, -0.15) is 0 Å². The molecule has 0 heterocycles. The second-order valence-corrected chi connectivity index (χ2v) is 4.23. The van der Waals surface area contributed by atoms with Crippen LogP contribution in [0, 0.1) is 0 Å². The zero-order chi connectivity index (χ0) is 7.49. The molecule has 0 radical (unpaired) electrons. The Kier molecular flexibility index (Phi) is 2.98. The van der Waals surface area contributed by atoms with Crippen LogP contribution >= 0.6 is 11.8 Å². The van der Waals surface area contributed by atoms with E-state index < -0.39 is 0 Å². The highest BCUT2D eigenvalue weighted by Gasteiger charge is 2.15. The molecule has 0 saturated heterocycles. The van der Waals surface area contributed by atoms with Crippen molar-refractivity contribution in [3.63, 3.8) is 0 Å². The number of thioether (sulfide) groups is 1. The monoisotopic (exact) mass is 144 g/mol. The molecule has 0 amide bonds. The zero-order valence-electron chi connectivity index (χ0n) is 6.10. The molecule has 0 aromatic carbocycles. The highest BCUT2D eigenvalue weighted by Crippen LogP contribution is 2.25. The Morgan fingerprint density at radius 1 is 1.67 bits per heavy atom. The predicted molar refractivity (Wildman–Crippen MR) is 42.5 cm³/mol. The van der Waals surface area contributed by atoms with Crippen molar-refractivity contribution in [1.29, 1.82) is 0 Å². The minimum absolute atomic E-state index is 0.105. The smallest absolute Gasteiger partial charge is 0.186 e. The lowest BCUT2D eigenvalue weighted by Crippen LogP contribution is -2.11. The molecular formula is C7H12OS. The molecule has 1 nitrogen and oxygen atoms in total. The van der Waals surface area contributed by atoms with Crippen molar-refractivity contribution in [2.24, 2.45) is 0 Å². The number of carbonyl (C=O) groups excluding carboxylic acids is 1. The van der Waals surface area contributed by atoms with Crippen molar-refractivity contribution < 1.29 is 4.79 Å². The van der Waals surface area contributed by atoms with Crippen LogP contribution in [-0.4, -0.2) is 9.86 Å². The number of rotatable bonds is 2. The van der Waals surface area contributed by atoms with E-state index in [1.807, 2.05) is 13.8 Å². The zero-order valence-corrected chi connectivity index (χ0v) is 6.92. The highest BCUT2D eigenvalue weighted by atomic mass is 32.2. The summed E-state index contributed by atoms with van der Waals surface area (Å²) in [6, 6.07) is 0. The van der Waals surface area contributed by atoms with E-state index >= 15 is 0 Å². The SMILES string of the molecule is C=CC(C)(C)SC(C)=O. The summed E-state index contributed by atoms with van der Waals surface area (Å²) in [5.41, 5.74) is 0. The molecule has 0 bridgehead atoms. The van der Waals surface area contributed by atoms with Crippen LogP contribution in [0.25, 0.3) is 0 Å². The Morgan fingerprint density at radius 2 is 2.11 bits per heavy atom. The second kappa shape index (κ2) is 3.06. The Morgan fingerprint density at radius 3 is 2.22 bits per heavy atom. The molecule has 0 aromatic rings. The quantitative estimate of drug-likeness (QED) is 0.553. The molecule has 0 saturated carbocycles. The minimum Gasteiger partial charge on any atom is -0.288 e. The van der Waals surface area contributed by atoms with Gasteiger partial charge in [0.2, 0.25) is 0 Å². The van der Waals surface area contributed by atoms with Gasteiger partial charge in [-0.1, -0.05) is 17.8 Å². The molecule has 0 rings (SSSR count). The van der Waals surface area contributed by atoms with Crippen molar-refractivity contribution in [3.05, 3.63) is 12.7 Å². The third-order valence-corrected chi connectivity index (χ3v) is 1.88. The number of carbonyl (C=O) groups is 1. The average molecular weight is 144 g/mol. The summed E-state index contributed by atoms with van der Waals surface area (Å²) >= 11 is 1.30. The van der Waals surface area contributed by atoms with Crippen LogP contribution in [0.15, 0.2) is 12.7 Å². The van der Waals surface area contributed by atoms with Gasteiger partial charge < -0.3 is 0 Å². The van der Waals surface area contributed by atoms with Crippen LogP contribution in [0.4, 0.5) is 0 Å². The highest BCUT2D eigenvalue weighted by molar-refractivity contribution is 8.14. The molecule has 9 heavy (non-hydrogen) atoms. The molecule has 0 aliphatic heterocycles. The van der Waals surface area contributed by atoms with Gasteiger partial charge in [-0.25, -0.2) is 0 Å². The van der Waals surface area contributed by atoms with E-state index in [-0.39, 0.29) is 9.86 Å². The van der Waals surface area contributed by atoms with Crippen molar-refractivity contribution >= 4 is 16.9 Å². The third-order valence-electron chi connectivity index (χ3n) is 0.898. The van der Waals surface area contributed by atoms with Gasteiger partial charge >= 0.3 is 0 Å². The van der Waals surface area contributed by atoms with Crippen LogP contribution in [-0.2, 0) is 4.79 Å². The van der Waals surface area contributed by atoms with Crippen molar-refractivity contribution in [2.75, 3.05) is 0 Å². The third kappa shape index (κ3) is 4.28. The lowest BCUT2D eigenvalue weighted by Gasteiger charge is -2.15. The van der Waals surface area contributed by atoms with Crippen LogP contribution in [0.1, 0.15) is 20.8 Å². The largest absolute Gasteiger partial charge is 0.288 e. The maximum absolute atomic E-state index is 10.5. The van der Waals surface area contributed by atoms with E-state index in [9.17, 15) is 4.79 Å². The summed E-state index contributed by atoms with van der Waals surface area (Å²) in [5, 5.41) is 0.139. The molecule has 0 unspecified atom stereocenters. The van der Waals surface area contributed by atoms with Crippen molar-refractivity contribution in [2.45, 2.75) is 25.5 Å². The summed E-state index contributed by atoms with van der Waals surface area (Å²) in [6.07, 6.45) is 1.78. The fourth-order valence-electron chi connectivity index (χ4n) is 0.412. The summed E-state index contributed by atoms with van der Waals surface area (Å²) in [7, 11) is 0. The fourth-order valence-corrected chi connectivity index (χ4v) is 1.24. The average Bonchev–Trinajstić information content (AvgIpc) is 1.63.